The Labute approximate surface area is 160 Å². The van der Waals surface area contributed by atoms with Gasteiger partial charge < -0.3 is 0 Å². The highest BCUT2D eigenvalue weighted by Crippen LogP contribution is 2.47. The zero-order valence-corrected chi connectivity index (χ0v) is 15.3. The second-order valence-corrected chi connectivity index (χ2v) is 8.00. The molecule has 0 spiro atoms. The number of carbonyl (C=O) groups is 3. The van der Waals surface area contributed by atoms with E-state index in [1.165, 1.54) is 11.1 Å². The van der Waals surface area contributed by atoms with E-state index in [2.05, 4.69) is 10.3 Å². The van der Waals surface area contributed by atoms with Crippen LogP contribution in [0.15, 0.2) is 23.2 Å². The van der Waals surface area contributed by atoms with Gasteiger partial charge in [0, 0.05) is 22.3 Å². The molecule has 1 aromatic carbocycles. The third kappa shape index (κ3) is 3.12. The lowest BCUT2D eigenvalue weighted by Crippen LogP contribution is -2.62. The summed E-state index contributed by atoms with van der Waals surface area (Å²) in [5.74, 6) is -1.38. The Balaban J connectivity index is 1.57. The summed E-state index contributed by atoms with van der Waals surface area (Å²) in [6, 6.07) is 3.98. The number of imide groups is 2. The van der Waals surface area contributed by atoms with Gasteiger partial charge in [0.1, 0.15) is 0 Å². The number of amides is 4. The van der Waals surface area contributed by atoms with E-state index >= 15 is 0 Å². The van der Waals surface area contributed by atoms with Crippen LogP contribution < -0.4 is 5.32 Å². The molecule has 0 unspecified atom stereocenters. The topological polar surface area (TPSA) is 78.8 Å². The van der Waals surface area contributed by atoms with E-state index < -0.39 is 23.8 Å². The third-order valence-corrected chi connectivity index (χ3v) is 5.92. The number of hydrogen-bond donors (Lipinski definition) is 1. The summed E-state index contributed by atoms with van der Waals surface area (Å²) in [6.07, 6.45) is 5.32. The zero-order valence-electron chi connectivity index (χ0n) is 13.8. The van der Waals surface area contributed by atoms with Crippen molar-refractivity contribution in [1.29, 1.82) is 0 Å². The fraction of sp³-hybridized carbons (Fsp3) is 0.444. The molecule has 2 bridgehead atoms. The number of halogens is 2. The van der Waals surface area contributed by atoms with E-state index in [9.17, 15) is 14.4 Å². The maximum atomic E-state index is 12.9. The highest BCUT2D eigenvalue weighted by atomic mass is 35.5. The van der Waals surface area contributed by atoms with E-state index in [1.807, 2.05) is 0 Å². The van der Waals surface area contributed by atoms with Gasteiger partial charge in [-0.1, -0.05) is 29.6 Å². The third-order valence-electron chi connectivity index (χ3n) is 5.49. The first kappa shape index (κ1) is 17.5. The molecule has 0 radical (unpaired) electrons. The number of aliphatic imine (C=N–C) groups is 1. The molecular weight excluding hydrogens is 377 g/mol. The van der Waals surface area contributed by atoms with Crippen LogP contribution in [-0.4, -0.2) is 35.0 Å². The summed E-state index contributed by atoms with van der Waals surface area (Å²) in [5, 5.41) is 3.10. The molecule has 3 aliphatic rings. The van der Waals surface area contributed by atoms with Crippen molar-refractivity contribution in [2.24, 2.45) is 22.7 Å². The van der Waals surface area contributed by atoms with Crippen molar-refractivity contribution in [1.82, 2.24) is 10.2 Å². The quantitative estimate of drug-likeness (QED) is 0.629. The molecule has 2 aliphatic carbocycles. The monoisotopic (exact) mass is 393 g/mol. The molecule has 6 nitrogen and oxygen atoms in total. The Morgan fingerprint density at radius 2 is 1.81 bits per heavy atom. The molecule has 4 rings (SSSR count). The van der Waals surface area contributed by atoms with Crippen LogP contribution in [0.5, 0.6) is 0 Å². The smallest absolute Gasteiger partial charge is 0.277 e. The normalized spacial score (nSPS) is 31.2. The molecule has 3 fully saturated rings. The minimum Gasteiger partial charge on any atom is -0.277 e. The molecular formula is C18H17Cl2N3O3. The largest absolute Gasteiger partial charge is 0.331 e. The highest BCUT2D eigenvalue weighted by Gasteiger charge is 2.50. The predicted molar refractivity (Wildman–Crippen MR) is 97.7 cm³/mol. The van der Waals surface area contributed by atoms with Crippen molar-refractivity contribution in [2.45, 2.75) is 31.7 Å². The Hall–Kier alpha value is -1.92. The van der Waals surface area contributed by atoms with Crippen LogP contribution in [0.3, 0.4) is 0 Å². The molecule has 1 saturated heterocycles. The van der Waals surface area contributed by atoms with Crippen LogP contribution in [0.1, 0.15) is 25.7 Å². The molecule has 8 heteroatoms. The molecule has 4 atom stereocenters. The predicted octanol–water partition coefficient (Wildman–Crippen LogP) is 3.58. The van der Waals surface area contributed by atoms with Gasteiger partial charge in [-0.05, 0) is 49.3 Å². The maximum Gasteiger partial charge on any atom is 0.331 e. The summed E-state index contributed by atoms with van der Waals surface area (Å²) in [7, 11) is 0. The Bertz CT molecular complexity index is 806. The molecule has 4 amide bonds. The SMILES string of the molecule is O=C1NC(=O)N([C@H]2C[C@H]3CC[C@H]2C3)C(=O)[C@@H]1C=Nc1cc(Cl)cc(Cl)c1. The number of nitrogens with one attached hydrogen (secondary N) is 1. The van der Waals surface area contributed by atoms with Gasteiger partial charge in [-0.3, -0.25) is 24.8 Å². The van der Waals surface area contributed by atoms with Gasteiger partial charge in [-0.15, -0.1) is 0 Å². The van der Waals surface area contributed by atoms with E-state index in [1.54, 1.807) is 18.2 Å². The van der Waals surface area contributed by atoms with Crippen molar-refractivity contribution in [3.05, 3.63) is 28.2 Å². The first-order valence-electron chi connectivity index (χ1n) is 8.60. The van der Waals surface area contributed by atoms with Gasteiger partial charge in [-0.25, -0.2) is 4.79 Å². The standard InChI is InChI=1S/C18H17Cl2N3O3/c19-11-5-12(20)7-13(6-11)21-8-14-16(24)22-18(26)23(17(14)25)15-4-9-1-2-10(15)3-9/h5-10,14-15H,1-4H2,(H,22,24,26)/t9-,10-,14+,15-/m0/s1. The lowest BCUT2D eigenvalue weighted by atomic mass is 9.92. The lowest BCUT2D eigenvalue weighted by Gasteiger charge is -2.36. The second-order valence-electron chi connectivity index (χ2n) is 7.13. The zero-order chi connectivity index (χ0) is 18.4. The molecule has 1 heterocycles. The van der Waals surface area contributed by atoms with Crippen LogP contribution in [0.2, 0.25) is 10.0 Å². The van der Waals surface area contributed by atoms with E-state index in [0.717, 1.165) is 25.7 Å². The van der Waals surface area contributed by atoms with Crippen molar-refractivity contribution in [2.75, 3.05) is 0 Å². The maximum absolute atomic E-state index is 12.9. The lowest BCUT2D eigenvalue weighted by molar-refractivity contribution is -0.141. The molecule has 1 aromatic rings. The second kappa shape index (κ2) is 6.67. The summed E-state index contributed by atoms with van der Waals surface area (Å²) in [5.41, 5.74) is 0.437. The fourth-order valence-corrected chi connectivity index (χ4v) is 4.87. The first-order chi connectivity index (χ1) is 12.4. The van der Waals surface area contributed by atoms with Crippen molar-refractivity contribution in [3.8, 4) is 0 Å². The molecule has 136 valence electrons. The fourth-order valence-electron chi connectivity index (χ4n) is 4.35. The number of hydrogen-bond acceptors (Lipinski definition) is 4. The Kier molecular flexibility index (Phi) is 4.49. The molecule has 1 aliphatic heterocycles. The number of carbonyl (C=O) groups excluding carboxylic acids is 3. The number of fused-ring (bicyclic) bond motifs is 2. The molecule has 26 heavy (non-hydrogen) atoms. The molecule has 1 N–H and O–H groups in total. The number of nitrogens with zero attached hydrogens (tertiary/aromatic N) is 2. The Morgan fingerprint density at radius 3 is 2.42 bits per heavy atom. The number of urea groups is 1. The first-order valence-corrected chi connectivity index (χ1v) is 9.36. The van der Waals surface area contributed by atoms with Crippen LogP contribution in [0, 0.1) is 17.8 Å². The van der Waals surface area contributed by atoms with Gasteiger partial charge in [0.05, 0.1) is 5.69 Å². The van der Waals surface area contributed by atoms with Crippen LogP contribution in [0.25, 0.3) is 0 Å². The number of barbiturate groups is 1. The van der Waals surface area contributed by atoms with Gasteiger partial charge in [0.25, 0.3) is 0 Å². The van der Waals surface area contributed by atoms with Crippen molar-refractivity contribution < 1.29 is 14.4 Å². The van der Waals surface area contributed by atoms with Gasteiger partial charge in [-0.2, -0.15) is 0 Å². The van der Waals surface area contributed by atoms with E-state index in [0.29, 0.717) is 27.6 Å². The van der Waals surface area contributed by atoms with Crippen LogP contribution in [0.4, 0.5) is 10.5 Å². The Morgan fingerprint density at radius 1 is 1.08 bits per heavy atom. The minimum atomic E-state index is -1.13. The number of rotatable bonds is 3. The highest BCUT2D eigenvalue weighted by molar-refractivity contribution is 6.35. The molecule has 2 saturated carbocycles. The average Bonchev–Trinajstić information content (AvgIpc) is 3.16. The summed E-state index contributed by atoms with van der Waals surface area (Å²) < 4.78 is 0. The van der Waals surface area contributed by atoms with E-state index in [4.69, 9.17) is 23.2 Å². The van der Waals surface area contributed by atoms with Gasteiger partial charge >= 0.3 is 6.03 Å². The minimum absolute atomic E-state index is 0.120. The van der Waals surface area contributed by atoms with Gasteiger partial charge in [0.2, 0.25) is 11.8 Å². The average molecular weight is 394 g/mol. The van der Waals surface area contributed by atoms with Crippen LogP contribution >= 0.6 is 23.2 Å². The van der Waals surface area contributed by atoms with Crippen molar-refractivity contribution in [3.63, 3.8) is 0 Å². The van der Waals surface area contributed by atoms with Crippen LogP contribution in [-0.2, 0) is 9.59 Å². The van der Waals surface area contributed by atoms with E-state index in [-0.39, 0.29) is 6.04 Å². The number of benzene rings is 1. The van der Waals surface area contributed by atoms with Gasteiger partial charge in [0.15, 0.2) is 5.92 Å². The summed E-state index contributed by atoms with van der Waals surface area (Å²) in [4.78, 5) is 42.7. The van der Waals surface area contributed by atoms with Crippen molar-refractivity contribution >= 4 is 52.9 Å². The summed E-state index contributed by atoms with van der Waals surface area (Å²) in [6.45, 7) is 0. The summed E-state index contributed by atoms with van der Waals surface area (Å²) >= 11 is 11.9. The molecule has 0 aromatic heterocycles.